The van der Waals surface area contributed by atoms with Crippen molar-refractivity contribution in [3.05, 3.63) is 59.4 Å². The molecule has 6 nitrogen and oxygen atoms in total. The highest BCUT2D eigenvalue weighted by molar-refractivity contribution is 5.73. The Bertz CT molecular complexity index is 798. The number of carbonyl (C=O) groups excluding carboxylic acids is 1. The summed E-state index contributed by atoms with van der Waals surface area (Å²) in [7, 11) is 0. The van der Waals surface area contributed by atoms with E-state index in [1.807, 2.05) is 13.8 Å². The van der Waals surface area contributed by atoms with Crippen LogP contribution in [0.15, 0.2) is 42.6 Å². The Kier molecular flexibility index (Phi) is 8.49. The van der Waals surface area contributed by atoms with Gasteiger partial charge >= 0.3 is 5.97 Å². The van der Waals surface area contributed by atoms with Crippen molar-refractivity contribution in [2.45, 2.75) is 39.9 Å². The summed E-state index contributed by atoms with van der Waals surface area (Å²) in [4.78, 5) is 15.3. The molecule has 2 aromatic rings. The molecule has 0 aliphatic carbocycles. The summed E-state index contributed by atoms with van der Waals surface area (Å²) in [5.74, 6) is -0.110. The van der Waals surface area contributed by atoms with Crippen LogP contribution in [0, 0.1) is 6.92 Å². The number of carbonyl (C=O) groups is 1. The molecule has 3 rings (SSSR count). The average Bonchev–Trinajstić information content (AvgIpc) is 3.18. The van der Waals surface area contributed by atoms with Gasteiger partial charge in [-0.3, -0.25) is 0 Å². The molecule has 30 heavy (non-hydrogen) atoms. The minimum Gasteiger partial charge on any atom is -0.462 e. The van der Waals surface area contributed by atoms with Crippen LogP contribution in [0.1, 0.15) is 30.7 Å². The van der Waals surface area contributed by atoms with E-state index in [0.29, 0.717) is 6.61 Å². The van der Waals surface area contributed by atoms with Gasteiger partial charge in [0.2, 0.25) is 0 Å². The first-order valence-electron chi connectivity index (χ1n) is 11.2. The Labute approximate surface area is 180 Å². The van der Waals surface area contributed by atoms with Crippen molar-refractivity contribution < 1.29 is 24.1 Å². The van der Waals surface area contributed by atoms with Gasteiger partial charge in [0.25, 0.3) is 0 Å². The largest absolute Gasteiger partial charge is 0.462 e. The number of nitrogens with zero attached hydrogens (tertiary/aromatic N) is 1. The number of aryl methyl sites for hydroxylation is 1. The zero-order chi connectivity index (χ0) is 21.3. The van der Waals surface area contributed by atoms with Gasteiger partial charge in [0.15, 0.2) is 6.04 Å². The molecule has 0 radical (unpaired) electrons. The van der Waals surface area contributed by atoms with E-state index >= 15 is 0 Å². The van der Waals surface area contributed by atoms with E-state index < -0.39 is 0 Å². The average molecular weight is 416 g/mol. The third-order valence-electron chi connectivity index (χ3n) is 6.02. The summed E-state index contributed by atoms with van der Waals surface area (Å²) in [5.41, 5.74) is 3.82. The molecule has 2 heterocycles. The SMILES string of the molecule is CCOC(=O)[C@@H](C)[NH+](CC[NH+]1CCOCC1)Cc1cccn1Cc1cccc(C)c1. The number of hydrogen-bond donors (Lipinski definition) is 2. The van der Waals surface area contributed by atoms with Crippen molar-refractivity contribution in [2.24, 2.45) is 0 Å². The van der Waals surface area contributed by atoms with Crippen molar-refractivity contribution in [1.29, 1.82) is 0 Å². The quantitative estimate of drug-likeness (QED) is 0.541. The molecule has 0 amide bonds. The van der Waals surface area contributed by atoms with Crippen molar-refractivity contribution in [1.82, 2.24) is 4.57 Å². The van der Waals surface area contributed by atoms with Crippen LogP contribution in [0.5, 0.6) is 0 Å². The highest BCUT2D eigenvalue weighted by atomic mass is 16.5. The fraction of sp³-hybridized carbons (Fsp3) is 0.542. The third-order valence-corrected chi connectivity index (χ3v) is 6.02. The summed E-state index contributed by atoms with van der Waals surface area (Å²) in [6, 6.07) is 12.7. The van der Waals surface area contributed by atoms with Gasteiger partial charge in [0.1, 0.15) is 32.7 Å². The van der Waals surface area contributed by atoms with Gasteiger partial charge < -0.3 is 23.8 Å². The monoisotopic (exact) mass is 415 g/mol. The predicted molar refractivity (Wildman–Crippen MR) is 117 cm³/mol. The smallest absolute Gasteiger partial charge is 0.364 e. The summed E-state index contributed by atoms with van der Waals surface area (Å²) in [5, 5.41) is 0. The predicted octanol–water partition coefficient (Wildman–Crippen LogP) is 0.0964. The number of quaternary nitrogens is 2. The molecular weight excluding hydrogens is 378 g/mol. The lowest BCUT2D eigenvalue weighted by Crippen LogP contribution is -3.22. The molecule has 6 heteroatoms. The van der Waals surface area contributed by atoms with E-state index in [4.69, 9.17) is 9.47 Å². The molecule has 1 fully saturated rings. The Morgan fingerprint density at radius 1 is 1.27 bits per heavy atom. The number of aromatic nitrogens is 1. The van der Waals surface area contributed by atoms with Crippen LogP contribution >= 0.6 is 0 Å². The fourth-order valence-corrected chi connectivity index (χ4v) is 4.14. The zero-order valence-corrected chi connectivity index (χ0v) is 18.7. The second-order valence-corrected chi connectivity index (χ2v) is 8.29. The maximum atomic E-state index is 12.5. The molecule has 0 bridgehead atoms. The van der Waals surface area contributed by atoms with Crippen LogP contribution in [0.3, 0.4) is 0 Å². The standard InChI is InChI=1S/C24H35N3O3/c1-4-30-24(28)21(3)26(12-11-25-13-15-29-16-14-25)19-23-9-6-10-27(23)18-22-8-5-7-20(2)17-22/h5-10,17,21H,4,11-16,18-19H2,1-3H3/p+2/t21-/m1/s1. The molecule has 0 spiro atoms. The van der Waals surface area contributed by atoms with E-state index in [2.05, 4.69) is 54.1 Å². The number of rotatable bonds is 10. The fourth-order valence-electron chi connectivity index (χ4n) is 4.14. The molecular formula is C24H37N3O3+2. The zero-order valence-electron chi connectivity index (χ0n) is 18.7. The van der Waals surface area contributed by atoms with E-state index in [1.165, 1.54) is 21.7 Å². The maximum absolute atomic E-state index is 12.5. The van der Waals surface area contributed by atoms with Crippen molar-refractivity contribution >= 4 is 5.97 Å². The summed E-state index contributed by atoms with van der Waals surface area (Å²) in [6.45, 7) is 13.8. The van der Waals surface area contributed by atoms with Gasteiger partial charge in [-0.15, -0.1) is 0 Å². The van der Waals surface area contributed by atoms with E-state index in [-0.39, 0.29) is 12.0 Å². The Morgan fingerprint density at radius 3 is 2.80 bits per heavy atom. The second kappa shape index (κ2) is 11.3. The number of ether oxygens (including phenoxy) is 2. The molecule has 1 aromatic heterocycles. The molecule has 164 valence electrons. The molecule has 0 saturated carbocycles. The molecule has 1 aliphatic rings. The van der Waals surface area contributed by atoms with Crippen molar-refractivity contribution in [3.8, 4) is 0 Å². The van der Waals surface area contributed by atoms with Crippen molar-refractivity contribution in [2.75, 3.05) is 46.0 Å². The summed E-state index contributed by atoms with van der Waals surface area (Å²) in [6.07, 6.45) is 2.14. The number of esters is 1. The number of benzene rings is 1. The first-order chi connectivity index (χ1) is 14.6. The summed E-state index contributed by atoms with van der Waals surface area (Å²) < 4.78 is 13.1. The molecule has 2 atom stereocenters. The molecule has 1 unspecified atom stereocenters. The first kappa shape index (κ1) is 22.5. The molecule has 1 aliphatic heterocycles. The lowest BCUT2D eigenvalue weighted by molar-refractivity contribution is -0.975. The normalized spacial score (nSPS) is 16.9. The third kappa shape index (κ3) is 6.42. The highest BCUT2D eigenvalue weighted by Gasteiger charge is 2.29. The summed E-state index contributed by atoms with van der Waals surface area (Å²) >= 11 is 0. The van der Waals surface area contributed by atoms with Gasteiger partial charge in [0, 0.05) is 12.7 Å². The van der Waals surface area contributed by atoms with Crippen LogP contribution < -0.4 is 9.80 Å². The Hall–Kier alpha value is -2.15. The molecule has 1 aromatic carbocycles. The van der Waals surface area contributed by atoms with Crippen LogP contribution in [0.2, 0.25) is 0 Å². The Balaban J connectivity index is 1.70. The second-order valence-electron chi connectivity index (χ2n) is 8.29. The lowest BCUT2D eigenvalue weighted by atomic mass is 10.1. The van der Waals surface area contributed by atoms with Crippen LogP contribution in [-0.4, -0.2) is 62.6 Å². The number of hydrogen-bond acceptors (Lipinski definition) is 3. The van der Waals surface area contributed by atoms with E-state index in [9.17, 15) is 4.79 Å². The Morgan fingerprint density at radius 2 is 2.07 bits per heavy atom. The minimum atomic E-state index is -0.187. The van der Waals surface area contributed by atoms with Gasteiger partial charge in [-0.05, 0) is 38.5 Å². The highest BCUT2D eigenvalue weighted by Crippen LogP contribution is 2.09. The van der Waals surface area contributed by atoms with E-state index in [1.54, 1.807) is 4.90 Å². The topological polar surface area (TPSA) is 49.3 Å². The number of nitrogens with one attached hydrogen (secondary N) is 2. The van der Waals surface area contributed by atoms with Gasteiger partial charge in [-0.1, -0.05) is 29.8 Å². The molecule has 2 N–H and O–H groups in total. The number of morpholine rings is 1. The maximum Gasteiger partial charge on any atom is 0.364 e. The van der Waals surface area contributed by atoms with Crippen molar-refractivity contribution in [3.63, 3.8) is 0 Å². The van der Waals surface area contributed by atoms with Crippen LogP contribution in [0.4, 0.5) is 0 Å². The van der Waals surface area contributed by atoms with Gasteiger partial charge in [-0.25, -0.2) is 4.79 Å². The van der Waals surface area contributed by atoms with Gasteiger partial charge in [-0.2, -0.15) is 0 Å². The first-order valence-corrected chi connectivity index (χ1v) is 11.2. The minimum absolute atomic E-state index is 0.110. The van der Waals surface area contributed by atoms with Gasteiger partial charge in [0.05, 0.1) is 25.5 Å². The van der Waals surface area contributed by atoms with Crippen LogP contribution in [0.25, 0.3) is 0 Å². The van der Waals surface area contributed by atoms with Crippen LogP contribution in [-0.2, 0) is 27.4 Å². The van der Waals surface area contributed by atoms with E-state index in [0.717, 1.165) is 52.5 Å². The lowest BCUT2D eigenvalue weighted by Gasteiger charge is -2.28. The molecule has 1 saturated heterocycles.